The molecule has 2 aromatic rings. The van der Waals surface area contributed by atoms with Gasteiger partial charge in [-0.1, -0.05) is 0 Å². The number of carbonyl (C=O) groups is 1. The number of aromatic nitrogens is 1. The third-order valence-corrected chi connectivity index (χ3v) is 3.95. The van der Waals surface area contributed by atoms with Gasteiger partial charge >= 0.3 is 0 Å². The van der Waals surface area contributed by atoms with Crippen LogP contribution < -0.4 is 11.3 Å². The molecule has 2 rings (SSSR count). The Kier molecular flexibility index (Phi) is 5.39. The normalized spacial score (nSPS) is 10.2. The van der Waals surface area contributed by atoms with Crippen LogP contribution in [-0.4, -0.2) is 20.7 Å². The molecule has 0 aliphatic rings. The van der Waals surface area contributed by atoms with Gasteiger partial charge in [-0.3, -0.25) is 35.4 Å². The quantitative estimate of drug-likeness (QED) is 0.263. The molecule has 3 N–H and O–H groups in total. The highest BCUT2D eigenvalue weighted by Crippen LogP contribution is 2.28. The molecule has 0 aliphatic carbocycles. The molecule has 10 nitrogen and oxygen atoms in total. The average Bonchev–Trinajstić information content (AvgIpc) is 2.59. The van der Waals surface area contributed by atoms with Crippen LogP contribution >= 0.6 is 11.8 Å². The van der Waals surface area contributed by atoms with Gasteiger partial charge in [-0.25, -0.2) is 5.84 Å². The molecule has 0 unspecified atom stereocenters. The maximum Gasteiger partial charge on any atom is 0.283 e. The number of carbonyl (C=O) groups excluding carboxylic acids is 1. The Balaban J connectivity index is 2.21. The standard InChI is InChI=1S/C13H11N5O5S/c14-16-13(19)12-6-11(1-2-15-12)24-7-8-3-9(17(20)21)5-10(4-8)18(22)23/h1-6H,7,14H2,(H,16,19). The molecule has 0 atom stereocenters. The van der Waals surface area contributed by atoms with Gasteiger partial charge in [0.15, 0.2) is 0 Å². The number of nitrogen functional groups attached to an aromatic ring is 1. The first kappa shape index (κ1) is 17.3. The van der Waals surface area contributed by atoms with Gasteiger partial charge < -0.3 is 0 Å². The molecule has 0 bridgehead atoms. The van der Waals surface area contributed by atoms with Gasteiger partial charge in [0, 0.05) is 29.0 Å². The zero-order chi connectivity index (χ0) is 17.7. The van der Waals surface area contributed by atoms with Crippen molar-refractivity contribution in [3.05, 3.63) is 68.0 Å². The number of nitro benzene ring substituents is 2. The number of nitrogens with two attached hydrogens (primary N) is 1. The second-order valence-electron chi connectivity index (χ2n) is 4.51. The number of nitrogens with zero attached hydrogens (tertiary/aromatic N) is 3. The van der Waals surface area contributed by atoms with E-state index in [2.05, 4.69) is 4.98 Å². The average molecular weight is 349 g/mol. The van der Waals surface area contributed by atoms with E-state index in [1.165, 1.54) is 36.2 Å². The third-order valence-electron chi connectivity index (χ3n) is 2.88. The topological polar surface area (TPSA) is 154 Å². The highest BCUT2D eigenvalue weighted by Gasteiger charge is 2.16. The van der Waals surface area contributed by atoms with E-state index >= 15 is 0 Å². The van der Waals surface area contributed by atoms with Crippen LogP contribution in [0, 0.1) is 20.2 Å². The Morgan fingerprint density at radius 3 is 2.33 bits per heavy atom. The van der Waals surface area contributed by atoms with E-state index in [0.717, 1.165) is 6.07 Å². The number of non-ortho nitro benzene ring substituents is 2. The largest absolute Gasteiger partial charge is 0.289 e. The fourth-order valence-corrected chi connectivity index (χ4v) is 2.67. The van der Waals surface area contributed by atoms with Crippen molar-refractivity contribution in [1.29, 1.82) is 0 Å². The van der Waals surface area contributed by atoms with Crippen molar-refractivity contribution in [2.24, 2.45) is 5.84 Å². The first-order valence-corrected chi connectivity index (χ1v) is 7.42. The second-order valence-corrected chi connectivity index (χ2v) is 5.56. The van der Waals surface area contributed by atoms with Gasteiger partial charge in [-0.2, -0.15) is 0 Å². The van der Waals surface area contributed by atoms with E-state index in [-0.39, 0.29) is 22.8 Å². The van der Waals surface area contributed by atoms with Crippen molar-refractivity contribution in [2.75, 3.05) is 0 Å². The number of benzene rings is 1. The van der Waals surface area contributed by atoms with Crippen LogP contribution in [0.3, 0.4) is 0 Å². The molecule has 1 heterocycles. The van der Waals surface area contributed by atoms with Crippen molar-refractivity contribution < 1.29 is 14.6 Å². The molecule has 1 aromatic carbocycles. The number of amides is 1. The summed E-state index contributed by atoms with van der Waals surface area (Å²) >= 11 is 1.25. The first-order chi connectivity index (χ1) is 11.4. The van der Waals surface area contributed by atoms with Crippen LogP contribution in [0.5, 0.6) is 0 Å². The minimum Gasteiger partial charge on any atom is -0.289 e. The van der Waals surface area contributed by atoms with Crippen molar-refractivity contribution in [3.63, 3.8) is 0 Å². The van der Waals surface area contributed by atoms with E-state index in [1.54, 1.807) is 6.07 Å². The Labute approximate surface area is 139 Å². The highest BCUT2D eigenvalue weighted by molar-refractivity contribution is 7.98. The summed E-state index contributed by atoms with van der Waals surface area (Å²) in [4.78, 5) is 36.3. The summed E-state index contributed by atoms with van der Waals surface area (Å²) < 4.78 is 0. The minimum atomic E-state index is -0.683. The number of pyridine rings is 1. The fraction of sp³-hybridized carbons (Fsp3) is 0.0769. The maximum atomic E-state index is 11.4. The van der Waals surface area contributed by atoms with Gasteiger partial charge in [0.2, 0.25) is 0 Å². The molecule has 11 heteroatoms. The lowest BCUT2D eigenvalue weighted by Gasteiger charge is -2.04. The number of hydrazine groups is 1. The molecule has 124 valence electrons. The third kappa shape index (κ3) is 4.24. The van der Waals surface area contributed by atoms with Crippen molar-refractivity contribution in [3.8, 4) is 0 Å². The molecular formula is C13H11N5O5S. The van der Waals surface area contributed by atoms with Crippen LogP contribution in [-0.2, 0) is 5.75 Å². The zero-order valence-corrected chi connectivity index (χ0v) is 12.9. The predicted molar refractivity (Wildman–Crippen MR) is 85.2 cm³/mol. The number of hydrogen-bond donors (Lipinski definition) is 2. The summed E-state index contributed by atoms with van der Waals surface area (Å²) in [5, 5.41) is 21.7. The number of thioether (sulfide) groups is 1. The van der Waals surface area contributed by atoms with Crippen LogP contribution in [0.15, 0.2) is 41.4 Å². The molecule has 0 fully saturated rings. The zero-order valence-electron chi connectivity index (χ0n) is 12.0. The molecule has 24 heavy (non-hydrogen) atoms. The summed E-state index contributed by atoms with van der Waals surface area (Å²) in [5.41, 5.74) is 1.80. The van der Waals surface area contributed by atoms with E-state index in [9.17, 15) is 25.0 Å². The van der Waals surface area contributed by atoms with Gasteiger partial charge in [0.05, 0.1) is 15.9 Å². The maximum absolute atomic E-state index is 11.4. The Morgan fingerprint density at radius 2 is 1.79 bits per heavy atom. The molecule has 0 aliphatic heterocycles. The number of hydrogen-bond acceptors (Lipinski definition) is 8. The number of nitrogens with one attached hydrogen (secondary N) is 1. The van der Waals surface area contributed by atoms with E-state index in [4.69, 9.17) is 5.84 Å². The Morgan fingerprint density at radius 1 is 1.17 bits per heavy atom. The lowest BCUT2D eigenvalue weighted by atomic mass is 10.2. The Bertz CT molecular complexity index is 781. The molecule has 0 saturated heterocycles. The van der Waals surface area contributed by atoms with Crippen molar-refractivity contribution >= 4 is 29.0 Å². The van der Waals surface area contributed by atoms with E-state index in [0.29, 0.717) is 10.5 Å². The SMILES string of the molecule is NNC(=O)c1cc(SCc2cc([N+](=O)[O-])cc([N+](=O)[O-])c2)ccn1. The molecule has 1 aromatic heterocycles. The first-order valence-electron chi connectivity index (χ1n) is 6.43. The second kappa shape index (κ2) is 7.48. The molecule has 0 radical (unpaired) electrons. The fourth-order valence-electron chi connectivity index (χ4n) is 1.82. The summed E-state index contributed by atoms with van der Waals surface area (Å²) in [5.74, 6) is 4.73. The van der Waals surface area contributed by atoms with Crippen LogP contribution in [0.25, 0.3) is 0 Å². The van der Waals surface area contributed by atoms with Crippen LogP contribution in [0.2, 0.25) is 0 Å². The highest BCUT2D eigenvalue weighted by atomic mass is 32.2. The lowest BCUT2D eigenvalue weighted by molar-refractivity contribution is -0.394. The molecule has 0 spiro atoms. The molecule has 0 saturated carbocycles. The predicted octanol–water partition coefficient (Wildman–Crippen LogP) is 1.79. The molecule has 1 amide bonds. The molecular weight excluding hydrogens is 338 g/mol. The van der Waals surface area contributed by atoms with Gasteiger partial charge in [0.25, 0.3) is 17.3 Å². The minimum absolute atomic E-state index is 0.118. The van der Waals surface area contributed by atoms with E-state index in [1.807, 2.05) is 5.43 Å². The van der Waals surface area contributed by atoms with Gasteiger partial charge in [-0.15, -0.1) is 11.8 Å². The summed E-state index contributed by atoms with van der Waals surface area (Å²) in [7, 11) is 0. The van der Waals surface area contributed by atoms with Crippen LogP contribution in [0.4, 0.5) is 11.4 Å². The monoisotopic (exact) mass is 349 g/mol. The number of nitro groups is 2. The summed E-state index contributed by atoms with van der Waals surface area (Å²) in [6, 6.07) is 6.59. The van der Waals surface area contributed by atoms with Crippen molar-refractivity contribution in [1.82, 2.24) is 10.4 Å². The van der Waals surface area contributed by atoms with Gasteiger partial charge in [0.1, 0.15) is 5.69 Å². The van der Waals surface area contributed by atoms with Gasteiger partial charge in [-0.05, 0) is 17.7 Å². The Hall–Kier alpha value is -3.05. The lowest BCUT2D eigenvalue weighted by Crippen LogP contribution is -2.30. The van der Waals surface area contributed by atoms with Crippen LogP contribution in [0.1, 0.15) is 16.1 Å². The number of rotatable bonds is 6. The van der Waals surface area contributed by atoms with E-state index < -0.39 is 15.8 Å². The van der Waals surface area contributed by atoms with Crippen molar-refractivity contribution in [2.45, 2.75) is 10.6 Å². The summed E-state index contributed by atoms with van der Waals surface area (Å²) in [6.07, 6.45) is 1.42. The smallest absolute Gasteiger partial charge is 0.283 e. The summed E-state index contributed by atoms with van der Waals surface area (Å²) in [6.45, 7) is 0.